The lowest BCUT2D eigenvalue weighted by atomic mass is 10.2. The summed E-state index contributed by atoms with van der Waals surface area (Å²) >= 11 is 1.66. The van der Waals surface area contributed by atoms with Gasteiger partial charge in [0.15, 0.2) is 0 Å². The molecule has 0 spiro atoms. The van der Waals surface area contributed by atoms with Gasteiger partial charge in [0.05, 0.1) is 10.9 Å². The molecular weight excluding hydrogens is 216 g/mol. The van der Waals surface area contributed by atoms with E-state index in [0.717, 1.165) is 5.01 Å². The molecule has 0 bridgehead atoms. The molecule has 3 heteroatoms. The molecule has 0 aliphatic rings. The first-order valence-electron chi connectivity index (χ1n) is 5.54. The summed E-state index contributed by atoms with van der Waals surface area (Å²) in [6, 6.07) is 10.3. The van der Waals surface area contributed by atoms with Gasteiger partial charge in [0.1, 0.15) is 5.01 Å². The van der Waals surface area contributed by atoms with Crippen molar-refractivity contribution < 1.29 is 0 Å². The van der Waals surface area contributed by atoms with Crippen LogP contribution in [0.2, 0.25) is 0 Å². The van der Waals surface area contributed by atoms with E-state index in [2.05, 4.69) is 17.1 Å². The van der Waals surface area contributed by atoms with E-state index in [1.807, 2.05) is 45.2 Å². The van der Waals surface area contributed by atoms with E-state index in [4.69, 9.17) is 5.73 Å². The van der Waals surface area contributed by atoms with Gasteiger partial charge in [0.25, 0.3) is 0 Å². The second kappa shape index (κ2) is 6.40. The average Bonchev–Trinajstić information content (AvgIpc) is 2.82. The van der Waals surface area contributed by atoms with E-state index >= 15 is 0 Å². The van der Waals surface area contributed by atoms with Gasteiger partial charge in [-0.3, -0.25) is 0 Å². The van der Waals surface area contributed by atoms with Gasteiger partial charge in [0.2, 0.25) is 0 Å². The Morgan fingerprint density at radius 2 is 1.81 bits per heavy atom. The maximum absolute atomic E-state index is 5.75. The molecule has 0 fully saturated rings. The Bertz CT molecular complexity index is 407. The Balaban J connectivity index is 0.000000606. The van der Waals surface area contributed by atoms with Crippen LogP contribution in [0.25, 0.3) is 10.4 Å². The number of hydrogen-bond donors (Lipinski definition) is 1. The summed E-state index contributed by atoms with van der Waals surface area (Å²) in [6.45, 7) is 5.95. The van der Waals surface area contributed by atoms with Crippen LogP contribution in [0.5, 0.6) is 0 Å². The van der Waals surface area contributed by atoms with E-state index in [1.54, 1.807) is 11.3 Å². The third-order valence-electron chi connectivity index (χ3n) is 1.97. The molecule has 1 aromatic carbocycles. The van der Waals surface area contributed by atoms with Crippen molar-refractivity contribution in [3.63, 3.8) is 0 Å². The normalized spacial score (nSPS) is 11.5. The molecule has 2 aromatic rings. The molecule has 0 radical (unpaired) electrons. The second-order valence-corrected chi connectivity index (χ2v) is 4.28. The maximum Gasteiger partial charge on any atom is 0.110 e. The highest BCUT2D eigenvalue weighted by Gasteiger charge is 2.06. The molecule has 2 nitrogen and oxygen atoms in total. The number of thiazole rings is 1. The van der Waals surface area contributed by atoms with Gasteiger partial charge in [-0.25, -0.2) is 4.98 Å². The zero-order valence-corrected chi connectivity index (χ0v) is 10.8. The molecule has 1 heterocycles. The van der Waals surface area contributed by atoms with E-state index < -0.39 is 0 Å². The Hall–Kier alpha value is -1.19. The largest absolute Gasteiger partial charge is 0.322 e. The van der Waals surface area contributed by atoms with Crippen LogP contribution in [0.15, 0.2) is 36.5 Å². The first kappa shape index (κ1) is 12.9. The zero-order valence-electron chi connectivity index (χ0n) is 9.97. The molecule has 1 unspecified atom stereocenters. The highest BCUT2D eigenvalue weighted by atomic mass is 32.1. The molecule has 2 N–H and O–H groups in total. The number of benzene rings is 1. The summed E-state index contributed by atoms with van der Waals surface area (Å²) in [5.41, 5.74) is 6.96. The van der Waals surface area contributed by atoms with Gasteiger partial charge < -0.3 is 5.73 Å². The molecule has 0 saturated carbocycles. The minimum absolute atomic E-state index is 0.0254. The Labute approximate surface area is 101 Å². The van der Waals surface area contributed by atoms with Crippen LogP contribution in [0, 0.1) is 0 Å². The molecule has 2 rings (SSSR count). The van der Waals surface area contributed by atoms with Crippen molar-refractivity contribution in [3.05, 3.63) is 41.5 Å². The average molecular weight is 234 g/mol. The van der Waals surface area contributed by atoms with Gasteiger partial charge in [0, 0.05) is 6.20 Å². The summed E-state index contributed by atoms with van der Waals surface area (Å²) in [5, 5.41) is 0.990. The highest BCUT2D eigenvalue weighted by molar-refractivity contribution is 7.15. The van der Waals surface area contributed by atoms with Crippen molar-refractivity contribution >= 4 is 11.3 Å². The molecule has 1 atom stereocenters. The van der Waals surface area contributed by atoms with E-state index in [9.17, 15) is 0 Å². The smallest absolute Gasteiger partial charge is 0.110 e. The predicted octanol–water partition coefficient (Wildman–Crippen LogP) is 3.86. The Kier molecular flexibility index (Phi) is 5.15. The fourth-order valence-corrected chi connectivity index (χ4v) is 2.11. The quantitative estimate of drug-likeness (QED) is 0.857. The highest BCUT2D eigenvalue weighted by Crippen LogP contribution is 2.27. The van der Waals surface area contributed by atoms with Crippen LogP contribution in [0.1, 0.15) is 31.8 Å². The summed E-state index contributed by atoms with van der Waals surface area (Å²) in [5.74, 6) is 0. The monoisotopic (exact) mass is 234 g/mol. The van der Waals surface area contributed by atoms with E-state index in [1.165, 1.54) is 10.4 Å². The topological polar surface area (TPSA) is 38.9 Å². The standard InChI is InChI=1S/C11H12N2S.C2H6/c1-8(12)11-13-7-10(14-11)9-5-3-2-4-6-9;1-2/h2-8H,12H2,1H3;1-2H3. The van der Waals surface area contributed by atoms with Gasteiger partial charge in [-0.05, 0) is 12.5 Å². The third kappa shape index (κ3) is 3.15. The number of rotatable bonds is 2. The van der Waals surface area contributed by atoms with Crippen molar-refractivity contribution in [1.82, 2.24) is 4.98 Å². The number of hydrogen-bond acceptors (Lipinski definition) is 3. The van der Waals surface area contributed by atoms with Gasteiger partial charge >= 0.3 is 0 Å². The molecule has 0 amide bonds. The van der Waals surface area contributed by atoms with E-state index in [-0.39, 0.29) is 6.04 Å². The van der Waals surface area contributed by atoms with Crippen molar-refractivity contribution in [3.8, 4) is 10.4 Å². The number of nitrogens with zero attached hydrogens (tertiary/aromatic N) is 1. The minimum Gasteiger partial charge on any atom is -0.322 e. The molecule has 16 heavy (non-hydrogen) atoms. The van der Waals surface area contributed by atoms with Crippen LogP contribution in [-0.4, -0.2) is 4.98 Å². The molecule has 0 aliphatic carbocycles. The SMILES string of the molecule is CC.CC(N)c1ncc(-c2ccccc2)s1. The van der Waals surface area contributed by atoms with Crippen LogP contribution >= 0.6 is 11.3 Å². The zero-order chi connectivity index (χ0) is 12.0. The summed E-state index contributed by atoms with van der Waals surface area (Å²) < 4.78 is 0. The van der Waals surface area contributed by atoms with Crippen molar-refractivity contribution in [2.24, 2.45) is 5.73 Å². The van der Waals surface area contributed by atoms with Crippen molar-refractivity contribution in [2.45, 2.75) is 26.8 Å². The molecular formula is C13H18N2S. The summed E-state index contributed by atoms with van der Waals surface area (Å²) in [6.07, 6.45) is 1.89. The summed E-state index contributed by atoms with van der Waals surface area (Å²) in [7, 11) is 0. The van der Waals surface area contributed by atoms with Gasteiger partial charge in [-0.15, -0.1) is 11.3 Å². The van der Waals surface area contributed by atoms with Crippen LogP contribution in [0.4, 0.5) is 0 Å². The summed E-state index contributed by atoms with van der Waals surface area (Å²) in [4.78, 5) is 5.46. The molecule has 0 aliphatic heterocycles. The number of aromatic nitrogens is 1. The fourth-order valence-electron chi connectivity index (χ4n) is 1.23. The van der Waals surface area contributed by atoms with Gasteiger partial charge in [-0.2, -0.15) is 0 Å². The lowest BCUT2D eigenvalue weighted by Crippen LogP contribution is -2.03. The van der Waals surface area contributed by atoms with Crippen LogP contribution in [-0.2, 0) is 0 Å². The second-order valence-electron chi connectivity index (χ2n) is 3.22. The first-order valence-corrected chi connectivity index (χ1v) is 6.36. The maximum atomic E-state index is 5.75. The predicted molar refractivity (Wildman–Crippen MR) is 71.5 cm³/mol. The van der Waals surface area contributed by atoms with Crippen molar-refractivity contribution in [1.29, 1.82) is 0 Å². The number of nitrogens with two attached hydrogens (primary N) is 1. The molecule has 86 valence electrons. The van der Waals surface area contributed by atoms with Crippen LogP contribution < -0.4 is 5.73 Å². The van der Waals surface area contributed by atoms with Crippen molar-refractivity contribution in [2.75, 3.05) is 0 Å². The van der Waals surface area contributed by atoms with Gasteiger partial charge in [-0.1, -0.05) is 44.2 Å². The fraction of sp³-hybridized carbons (Fsp3) is 0.308. The molecule has 1 aromatic heterocycles. The van der Waals surface area contributed by atoms with Crippen LogP contribution in [0.3, 0.4) is 0 Å². The lowest BCUT2D eigenvalue weighted by Gasteiger charge is -1.97. The molecule has 0 saturated heterocycles. The Morgan fingerprint density at radius 1 is 1.19 bits per heavy atom. The first-order chi connectivity index (χ1) is 7.77. The van der Waals surface area contributed by atoms with E-state index in [0.29, 0.717) is 0 Å². The minimum atomic E-state index is 0.0254. The third-order valence-corrected chi connectivity index (χ3v) is 3.22. The Morgan fingerprint density at radius 3 is 2.31 bits per heavy atom. The lowest BCUT2D eigenvalue weighted by molar-refractivity contribution is 0.807.